The Labute approximate surface area is 203 Å². The van der Waals surface area contributed by atoms with Crippen molar-refractivity contribution in [2.45, 2.75) is 64.5 Å². The van der Waals surface area contributed by atoms with Gasteiger partial charge in [0.1, 0.15) is 17.2 Å². The lowest BCUT2D eigenvalue weighted by Crippen LogP contribution is -2.13. The molecular formula is C30H29F5. The van der Waals surface area contributed by atoms with Crippen molar-refractivity contribution >= 4 is 10.8 Å². The number of benzene rings is 3. The topological polar surface area (TPSA) is 0 Å². The van der Waals surface area contributed by atoms with Crippen molar-refractivity contribution < 1.29 is 22.0 Å². The van der Waals surface area contributed by atoms with Gasteiger partial charge in [0.2, 0.25) is 0 Å². The Hall–Kier alpha value is -2.87. The van der Waals surface area contributed by atoms with Crippen LogP contribution in [0, 0.1) is 35.3 Å². The zero-order valence-electron chi connectivity index (χ0n) is 19.8. The SMILES string of the molecule is CCCCCC1CCC(C#Cc2ccc(-c3ccc4c(F)c(C(F)(F)F)c(F)cc4c3)cc2)CC1. The number of fused-ring (bicyclic) bond motifs is 1. The lowest BCUT2D eigenvalue weighted by Gasteiger charge is -2.25. The molecule has 1 aliphatic carbocycles. The van der Waals surface area contributed by atoms with Crippen LogP contribution in [0.25, 0.3) is 21.9 Å². The Balaban J connectivity index is 1.45. The molecule has 1 fully saturated rings. The van der Waals surface area contributed by atoms with E-state index < -0.39 is 23.4 Å². The molecular weight excluding hydrogens is 455 g/mol. The van der Waals surface area contributed by atoms with Gasteiger partial charge in [0.25, 0.3) is 0 Å². The standard InChI is InChI=1S/C30H29F5/c1-2-3-4-5-20-6-8-21(9-7-20)10-11-22-12-14-23(15-13-22)24-16-17-26-25(18-24)19-27(31)28(29(26)32)30(33,34)35/h12-21H,2-9H2,1H3. The van der Waals surface area contributed by atoms with E-state index >= 15 is 0 Å². The molecule has 0 heterocycles. The highest BCUT2D eigenvalue weighted by molar-refractivity contribution is 5.88. The summed E-state index contributed by atoms with van der Waals surface area (Å²) >= 11 is 0. The van der Waals surface area contributed by atoms with Gasteiger partial charge in [0.05, 0.1) is 0 Å². The van der Waals surface area contributed by atoms with Crippen molar-refractivity contribution in [1.82, 2.24) is 0 Å². The van der Waals surface area contributed by atoms with E-state index in [9.17, 15) is 22.0 Å². The smallest absolute Gasteiger partial charge is 0.206 e. The molecule has 0 aromatic heterocycles. The van der Waals surface area contributed by atoms with Gasteiger partial charge in [-0.3, -0.25) is 0 Å². The molecule has 0 nitrogen and oxygen atoms in total. The van der Waals surface area contributed by atoms with E-state index in [4.69, 9.17) is 0 Å². The Morgan fingerprint density at radius 3 is 2.20 bits per heavy atom. The molecule has 0 spiro atoms. The summed E-state index contributed by atoms with van der Waals surface area (Å²) in [6.45, 7) is 2.24. The molecule has 184 valence electrons. The van der Waals surface area contributed by atoms with E-state index in [0.29, 0.717) is 11.5 Å². The quantitative estimate of drug-likeness (QED) is 0.192. The Bertz CT molecular complexity index is 1220. The third-order valence-corrected chi connectivity index (χ3v) is 7.01. The van der Waals surface area contributed by atoms with Crippen LogP contribution in [0.4, 0.5) is 22.0 Å². The second-order valence-corrected chi connectivity index (χ2v) is 9.54. The predicted octanol–water partition coefficient (Wildman–Crippen LogP) is 9.54. The van der Waals surface area contributed by atoms with Gasteiger partial charge in [0.15, 0.2) is 0 Å². The van der Waals surface area contributed by atoms with Crippen molar-refractivity contribution in [3.63, 3.8) is 0 Å². The molecule has 1 saturated carbocycles. The van der Waals surface area contributed by atoms with Gasteiger partial charge < -0.3 is 0 Å². The average molecular weight is 485 g/mol. The largest absolute Gasteiger partial charge is 0.422 e. The maximum Gasteiger partial charge on any atom is 0.422 e. The summed E-state index contributed by atoms with van der Waals surface area (Å²) in [5.74, 6) is 4.77. The van der Waals surface area contributed by atoms with Gasteiger partial charge in [-0.2, -0.15) is 13.2 Å². The molecule has 5 heteroatoms. The molecule has 3 aromatic carbocycles. The third-order valence-electron chi connectivity index (χ3n) is 7.01. The minimum absolute atomic E-state index is 0.0830. The second kappa shape index (κ2) is 10.8. The van der Waals surface area contributed by atoms with Crippen LogP contribution in [0.3, 0.4) is 0 Å². The Morgan fingerprint density at radius 2 is 1.54 bits per heavy atom. The highest BCUT2D eigenvalue weighted by atomic mass is 19.4. The van der Waals surface area contributed by atoms with Crippen molar-refractivity contribution in [3.05, 3.63) is 71.3 Å². The second-order valence-electron chi connectivity index (χ2n) is 9.54. The fourth-order valence-corrected chi connectivity index (χ4v) is 4.98. The number of halogens is 5. The van der Waals surface area contributed by atoms with E-state index in [1.165, 1.54) is 50.7 Å². The van der Waals surface area contributed by atoms with E-state index in [0.717, 1.165) is 36.0 Å². The number of hydrogen-bond donors (Lipinski definition) is 0. The summed E-state index contributed by atoms with van der Waals surface area (Å²) in [6.07, 6.45) is 5.00. The molecule has 0 bridgehead atoms. The van der Waals surface area contributed by atoms with Gasteiger partial charge in [0, 0.05) is 16.9 Å². The first-order valence-electron chi connectivity index (χ1n) is 12.4. The lowest BCUT2D eigenvalue weighted by molar-refractivity contribution is -0.142. The number of hydrogen-bond acceptors (Lipinski definition) is 0. The average Bonchev–Trinajstić information content (AvgIpc) is 2.83. The fourth-order valence-electron chi connectivity index (χ4n) is 4.98. The first kappa shape index (κ1) is 25.2. The van der Waals surface area contributed by atoms with Crippen molar-refractivity contribution in [3.8, 4) is 23.0 Å². The summed E-state index contributed by atoms with van der Waals surface area (Å²) in [5, 5.41) is -0.176. The monoisotopic (exact) mass is 484 g/mol. The molecule has 4 rings (SSSR count). The maximum atomic E-state index is 14.4. The van der Waals surface area contributed by atoms with Gasteiger partial charge in [-0.05, 0) is 72.4 Å². The van der Waals surface area contributed by atoms with Crippen LogP contribution in [0.15, 0.2) is 48.5 Å². The van der Waals surface area contributed by atoms with E-state index in [2.05, 4.69) is 18.8 Å². The first-order valence-corrected chi connectivity index (χ1v) is 12.4. The summed E-state index contributed by atoms with van der Waals surface area (Å²) in [4.78, 5) is 0. The van der Waals surface area contributed by atoms with Crippen LogP contribution < -0.4 is 0 Å². The molecule has 0 saturated heterocycles. The van der Waals surface area contributed by atoms with Crippen molar-refractivity contribution in [2.75, 3.05) is 0 Å². The van der Waals surface area contributed by atoms with Crippen LogP contribution in [-0.4, -0.2) is 0 Å². The molecule has 1 aliphatic rings. The zero-order chi connectivity index (χ0) is 25.0. The number of alkyl halides is 3. The molecule has 0 radical (unpaired) electrons. The highest BCUT2D eigenvalue weighted by Crippen LogP contribution is 2.38. The van der Waals surface area contributed by atoms with E-state index in [-0.39, 0.29) is 10.8 Å². The van der Waals surface area contributed by atoms with E-state index in [1.807, 2.05) is 24.3 Å². The molecule has 0 atom stereocenters. The van der Waals surface area contributed by atoms with Crippen LogP contribution in [0.5, 0.6) is 0 Å². The number of unbranched alkanes of at least 4 members (excludes halogenated alkanes) is 2. The summed E-state index contributed by atoms with van der Waals surface area (Å²) < 4.78 is 67.3. The normalized spacial score (nSPS) is 18.3. The molecule has 0 amide bonds. The molecule has 0 N–H and O–H groups in total. The first-order chi connectivity index (χ1) is 16.8. The van der Waals surface area contributed by atoms with E-state index in [1.54, 1.807) is 6.07 Å². The predicted molar refractivity (Wildman–Crippen MR) is 131 cm³/mol. The molecule has 3 aromatic rings. The zero-order valence-corrected chi connectivity index (χ0v) is 19.8. The minimum Gasteiger partial charge on any atom is -0.206 e. The molecule has 35 heavy (non-hydrogen) atoms. The van der Waals surface area contributed by atoms with Crippen LogP contribution in [-0.2, 0) is 6.18 Å². The molecule has 0 aliphatic heterocycles. The lowest BCUT2D eigenvalue weighted by atomic mass is 9.80. The Morgan fingerprint density at radius 1 is 0.857 bits per heavy atom. The van der Waals surface area contributed by atoms with Gasteiger partial charge in [-0.15, -0.1) is 0 Å². The van der Waals surface area contributed by atoms with Crippen LogP contribution in [0.1, 0.15) is 69.4 Å². The Kier molecular flexibility index (Phi) is 7.79. The summed E-state index contributed by atoms with van der Waals surface area (Å²) in [6, 6.07) is 12.6. The minimum atomic E-state index is -5.09. The van der Waals surface area contributed by atoms with Gasteiger partial charge in [-0.1, -0.05) is 68.7 Å². The maximum absolute atomic E-state index is 14.4. The van der Waals surface area contributed by atoms with Gasteiger partial charge in [-0.25, -0.2) is 8.78 Å². The fraction of sp³-hybridized carbons (Fsp3) is 0.400. The third kappa shape index (κ3) is 6.04. The number of rotatable bonds is 5. The van der Waals surface area contributed by atoms with Crippen molar-refractivity contribution in [1.29, 1.82) is 0 Å². The molecule has 0 unspecified atom stereocenters. The van der Waals surface area contributed by atoms with Crippen molar-refractivity contribution in [2.24, 2.45) is 11.8 Å². The summed E-state index contributed by atoms with van der Waals surface area (Å²) in [5.41, 5.74) is 0.500. The summed E-state index contributed by atoms with van der Waals surface area (Å²) in [7, 11) is 0. The van der Waals surface area contributed by atoms with Crippen LogP contribution >= 0.6 is 0 Å². The van der Waals surface area contributed by atoms with Gasteiger partial charge >= 0.3 is 6.18 Å². The highest BCUT2D eigenvalue weighted by Gasteiger charge is 2.38. The van der Waals surface area contributed by atoms with Crippen LogP contribution in [0.2, 0.25) is 0 Å².